The van der Waals surface area contributed by atoms with E-state index in [0.29, 0.717) is 0 Å². The number of hydrogen-bond donors (Lipinski definition) is 0. The second-order valence-corrected chi connectivity index (χ2v) is 2.73. The van der Waals surface area contributed by atoms with Gasteiger partial charge < -0.3 is 0 Å². The Hall–Kier alpha value is -0.520. The summed E-state index contributed by atoms with van der Waals surface area (Å²) < 4.78 is 0. The molecule has 0 nitrogen and oxygen atoms in total. The van der Waals surface area contributed by atoms with Gasteiger partial charge in [-0.05, 0) is 19.3 Å². The lowest BCUT2D eigenvalue weighted by Gasteiger charge is -1.94. The summed E-state index contributed by atoms with van der Waals surface area (Å²) in [5, 5.41) is 0. The Kier molecular flexibility index (Phi) is 7.23. The molecule has 0 aliphatic carbocycles. The van der Waals surface area contributed by atoms with Crippen LogP contribution in [0.4, 0.5) is 0 Å². The molecule has 0 unspecified atom stereocenters. The van der Waals surface area contributed by atoms with Crippen molar-refractivity contribution < 1.29 is 0 Å². The van der Waals surface area contributed by atoms with Crippen LogP contribution in [0.25, 0.3) is 0 Å². The first-order valence-electron chi connectivity index (χ1n) is 4.70. The van der Waals surface area contributed by atoms with Gasteiger partial charge in [-0.25, -0.2) is 0 Å². The Morgan fingerprint density at radius 1 is 1.18 bits per heavy atom. The van der Waals surface area contributed by atoms with E-state index < -0.39 is 0 Å². The van der Waals surface area contributed by atoms with Gasteiger partial charge in [0.15, 0.2) is 0 Å². The van der Waals surface area contributed by atoms with Gasteiger partial charge in [0.05, 0.1) is 0 Å². The summed E-state index contributed by atoms with van der Waals surface area (Å²) in [5.74, 6) is 0. The van der Waals surface area contributed by atoms with Crippen LogP contribution in [0.1, 0.15) is 46.5 Å². The summed E-state index contributed by atoms with van der Waals surface area (Å²) in [4.78, 5) is 0. The molecule has 11 heavy (non-hydrogen) atoms. The lowest BCUT2D eigenvalue weighted by molar-refractivity contribution is 0.954. The van der Waals surface area contributed by atoms with E-state index in [-0.39, 0.29) is 0 Å². The Bertz CT molecular complexity index is 129. The third kappa shape index (κ3) is 5.90. The zero-order valence-corrected chi connectivity index (χ0v) is 8.06. The highest BCUT2D eigenvalue weighted by Gasteiger charge is 1.84. The second-order valence-electron chi connectivity index (χ2n) is 2.73. The first kappa shape index (κ1) is 10.5. The van der Waals surface area contributed by atoms with Gasteiger partial charge in [0.25, 0.3) is 0 Å². The number of hydrogen-bond acceptors (Lipinski definition) is 0. The molecule has 0 saturated carbocycles. The van der Waals surface area contributed by atoms with Crippen LogP contribution < -0.4 is 0 Å². The lowest BCUT2D eigenvalue weighted by atomic mass is 10.1. The molecule has 0 radical (unpaired) electrons. The van der Waals surface area contributed by atoms with Crippen molar-refractivity contribution in [2.24, 2.45) is 0 Å². The van der Waals surface area contributed by atoms with Crippen LogP contribution in [0.3, 0.4) is 0 Å². The standard InChI is InChI=1S/C11H20/c1-4-7-8-10-11(6-3)9-5-2/h8-10H,4-7H2,1-3H3. The highest BCUT2D eigenvalue weighted by Crippen LogP contribution is 2.04. The Balaban J connectivity index is 3.76. The molecule has 0 heterocycles. The minimum Gasteiger partial charge on any atom is -0.0843 e. The Labute approximate surface area is 71.0 Å². The van der Waals surface area contributed by atoms with Crippen molar-refractivity contribution in [1.29, 1.82) is 0 Å². The van der Waals surface area contributed by atoms with Crippen LogP contribution in [0.15, 0.2) is 23.8 Å². The maximum absolute atomic E-state index is 2.30. The van der Waals surface area contributed by atoms with Crippen molar-refractivity contribution in [2.75, 3.05) is 0 Å². The van der Waals surface area contributed by atoms with Crippen molar-refractivity contribution in [2.45, 2.75) is 46.5 Å². The number of unbranched alkanes of at least 4 members (excludes halogenated alkanes) is 1. The fraction of sp³-hybridized carbons (Fsp3) is 0.636. The van der Waals surface area contributed by atoms with Gasteiger partial charge in [0, 0.05) is 0 Å². The minimum atomic E-state index is 1.15. The fourth-order valence-corrected chi connectivity index (χ4v) is 0.994. The average Bonchev–Trinajstić information content (AvgIpc) is 2.03. The Morgan fingerprint density at radius 2 is 1.91 bits per heavy atom. The van der Waals surface area contributed by atoms with E-state index in [0.717, 1.165) is 12.8 Å². The third-order valence-electron chi connectivity index (χ3n) is 1.66. The van der Waals surface area contributed by atoms with Gasteiger partial charge in [-0.2, -0.15) is 0 Å². The summed E-state index contributed by atoms with van der Waals surface area (Å²) in [5.41, 5.74) is 1.47. The van der Waals surface area contributed by atoms with E-state index in [4.69, 9.17) is 0 Å². The first-order valence-corrected chi connectivity index (χ1v) is 4.70. The molecular formula is C11H20. The van der Waals surface area contributed by atoms with Gasteiger partial charge in [0.1, 0.15) is 0 Å². The summed E-state index contributed by atoms with van der Waals surface area (Å²) in [6.07, 6.45) is 11.6. The third-order valence-corrected chi connectivity index (χ3v) is 1.66. The molecule has 0 N–H and O–H groups in total. The van der Waals surface area contributed by atoms with Crippen molar-refractivity contribution in [3.8, 4) is 0 Å². The van der Waals surface area contributed by atoms with Crippen molar-refractivity contribution in [1.82, 2.24) is 0 Å². The van der Waals surface area contributed by atoms with Crippen LogP contribution in [0.5, 0.6) is 0 Å². The summed E-state index contributed by atoms with van der Waals surface area (Å²) in [6.45, 7) is 6.60. The van der Waals surface area contributed by atoms with E-state index in [2.05, 4.69) is 39.0 Å². The molecule has 0 saturated heterocycles. The monoisotopic (exact) mass is 152 g/mol. The highest BCUT2D eigenvalue weighted by atomic mass is 13.9. The predicted octanol–water partition coefficient (Wildman–Crippen LogP) is 4.09. The second kappa shape index (κ2) is 7.59. The van der Waals surface area contributed by atoms with Crippen molar-refractivity contribution in [3.63, 3.8) is 0 Å². The van der Waals surface area contributed by atoms with Gasteiger partial charge >= 0.3 is 0 Å². The van der Waals surface area contributed by atoms with Crippen molar-refractivity contribution >= 4 is 0 Å². The smallest absolute Gasteiger partial charge is 0.0311 e. The molecule has 0 rings (SSSR count). The number of allylic oxidation sites excluding steroid dienone is 4. The van der Waals surface area contributed by atoms with Crippen LogP contribution in [0, 0.1) is 0 Å². The maximum Gasteiger partial charge on any atom is -0.0311 e. The van der Waals surface area contributed by atoms with Crippen LogP contribution in [-0.4, -0.2) is 0 Å². The highest BCUT2D eigenvalue weighted by molar-refractivity contribution is 5.17. The van der Waals surface area contributed by atoms with Crippen molar-refractivity contribution in [3.05, 3.63) is 23.8 Å². The fourth-order valence-electron chi connectivity index (χ4n) is 0.994. The van der Waals surface area contributed by atoms with E-state index in [1.165, 1.54) is 18.4 Å². The largest absolute Gasteiger partial charge is 0.0843 e. The molecular weight excluding hydrogens is 132 g/mol. The first-order chi connectivity index (χ1) is 5.35. The SMILES string of the molecule is CCC=C(C=CCCC)CC. The average molecular weight is 152 g/mol. The lowest BCUT2D eigenvalue weighted by Crippen LogP contribution is -1.74. The normalized spacial score (nSPS) is 12.8. The molecule has 0 atom stereocenters. The van der Waals surface area contributed by atoms with E-state index in [1.807, 2.05) is 0 Å². The molecule has 64 valence electrons. The number of rotatable bonds is 5. The van der Waals surface area contributed by atoms with Crippen LogP contribution in [-0.2, 0) is 0 Å². The van der Waals surface area contributed by atoms with E-state index >= 15 is 0 Å². The van der Waals surface area contributed by atoms with E-state index in [9.17, 15) is 0 Å². The van der Waals surface area contributed by atoms with Gasteiger partial charge in [0.2, 0.25) is 0 Å². The van der Waals surface area contributed by atoms with Gasteiger partial charge in [-0.1, -0.05) is 51.0 Å². The molecule has 0 amide bonds. The predicted molar refractivity (Wildman–Crippen MR) is 52.7 cm³/mol. The molecule has 0 spiro atoms. The summed E-state index contributed by atoms with van der Waals surface area (Å²) in [7, 11) is 0. The zero-order valence-electron chi connectivity index (χ0n) is 8.06. The molecule has 0 aliphatic rings. The van der Waals surface area contributed by atoms with Gasteiger partial charge in [-0.3, -0.25) is 0 Å². The molecule has 0 bridgehead atoms. The van der Waals surface area contributed by atoms with Gasteiger partial charge in [-0.15, -0.1) is 0 Å². The summed E-state index contributed by atoms with van der Waals surface area (Å²) >= 11 is 0. The minimum absolute atomic E-state index is 1.15. The van der Waals surface area contributed by atoms with Crippen LogP contribution >= 0.6 is 0 Å². The quantitative estimate of drug-likeness (QED) is 0.520. The molecule has 0 aliphatic heterocycles. The topological polar surface area (TPSA) is 0 Å². The molecule has 0 fully saturated rings. The molecule has 0 aromatic carbocycles. The Morgan fingerprint density at radius 3 is 2.36 bits per heavy atom. The van der Waals surface area contributed by atoms with E-state index in [1.54, 1.807) is 0 Å². The zero-order chi connectivity index (χ0) is 8.53. The van der Waals surface area contributed by atoms with Crippen LogP contribution in [0.2, 0.25) is 0 Å². The molecule has 0 heteroatoms. The molecule has 0 aromatic rings. The summed E-state index contributed by atoms with van der Waals surface area (Å²) in [6, 6.07) is 0. The maximum atomic E-state index is 2.30. The molecule has 0 aromatic heterocycles.